The highest BCUT2D eigenvalue weighted by atomic mass is 16.6. The Labute approximate surface area is 301 Å². The zero-order valence-corrected chi connectivity index (χ0v) is 30.4. The van der Waals surface area contributed by atoms with Crippen molar-refractivity contribution in [3.63, 3.8) is 0 Å². The van der Waals surface area contributed by atoms with Crippen molar-refractivity contribution < 1.29 is 39.1 Å². The predicted octanol–water partition coefficient (Wildman–Crippen LogP) is 3.24. The highest BCUT2D eigenvalue weighted by molar-refractivity contribution is 5.81. The van der Waals surface area contributed by atoms with Crippen LogP contribution in [0.15, 0.2) is 59.1 Å². The van der Waals surface area contributed by atoms with E-state index >= 15 is 0 Å². The molecule has 51 heavy (non-hydrogen) atoms. The van der Waals surface area contributed by atoms with Crippen LogP contribution in [0.3, 0.4) is 0 Å². The van der Waals surface area contributed by atoms with E-state index in [-0.39, 0.29) is 36.4 Å². The number of ether oxygens (including phenoxy) is 3. The molecule has 11 heteroatoms. The average molecular weight is 708 g/mol. The summed E-state index contributed by atoms with van der Waals surface area (Å²) in [6.45, 7) is 3.40. The second-order valence-electron chi connectivity index (χ2n) is 16.1. The molecule has 280 valence electrons. The Morgan fingerprint density at radius 3 is 2.57 bits per heavy atom. The molecule has 0 aromatic rings. The first-order valence-electron chi connectivity index (χ1n) is 19.2. The number of hydrogen-bond donors (Lipinski definition) is 5. The molecular weight excluding hydrogens is 650 g/mol. The van der Waals surface area contributed by atoms with E-state index in [0.717, 1.165) is 69.3 Å². The van der Waals surface area contributed by atoms with Gasteiger partial charge in [0.05, 0.1) is 19.6 Å². The standard InChI is InChI=1S/C40H57N3O8/c1-24(44)51-36-29-13-9-16-43-17-14-28(34(29)43)30-20-31(33(49-2)21-32(30)42-23-40(36,48)38(47)50-3)39(37(45)46)22-26-11-8-10-25(18-26)19-27-12-6-4-5-7-15-41-35(27)39/h4-7,20-21,25-26,28-30,32,34,36-37,41-42,45-46,48H,8-19,22-23H2,1-3H3/b6-4-,7-5-,35-27-/t25?,26?,28-,29?,30?,32?,34?,36+,39-,40-/m0/s1. The Balaban J connectivity index is 1.41. The summed E-state index contributed by atoms with van der Waals surface area (Å²) in [6.07, 6.45) is 18.9. The van der Waals surface area contributed by atoms with Gasteiger partial charge in [-0.15, -0.1) is 0 Å². The quantitative estimate of drug-likeness (QED) is 0.212. The zero-order chi connectivity index (χ0) is 35.9. The molecule has 4 heterocycles. The number of aliphatic hydroxyl groups excluding tert-OH is 1. The molecule has 7 aliphatic rings. The Morgan fingerprint density at radius 1 is 1.00 bits per heavy atom. The molecule has 0 aromatic carbocycles. The fraction of sp³-hybridized carbons (Fsp3) is 0.700. The van der Waals surface area contributed by atoms with Crippen LogP contribution in [0.1, 0.15) is 71.1 Å². The van der Waals surface area contributed by atoms with Crippen LogP contribution in [0.25, 0.3) is 0 Å². The van der Waals surface area contributed by atoms with Gasteiger partial charge < -0.3 is 40.2 Å². The van der Waals surface area contributed by atoms with Crippen molar-refractivity contribution in [2.24, 2.45) is 35.0 Å². The van der Waals surface area contributed by atoms with E-state index in [4.69, 9.17) is 14.2 Å². The van der Waals surface area contributed by atoms with Crippen LogP contribution in [0.2, 0.25) is 0 Å². The first-order chi connectivity index (χ1) is 24.6. The van der Waals surface area contributed by atoms with Crippen molar-refractivity contribution >= 4 is 11.9 Å². The van der Waals surface area contributed by atoms with Crippen molar-refractivity contribution in [1.82, 2.24) is 15.5 Å². The van der Waals surface area contributed by atoms with Gasteiger partial charge in [-0.3, -0.25) is 9.69 Å². The van der Waals surface area contributed by atoms with Gasteiger partial charge in [0, 0.05) is 55.2 Å². The smallest absolute Gasteiger partial charge is 0.343 e. The van der Waals surface area contributed by atoms with Crippen LogP contribution in [-0.2, 0) is 23.8 Å². The number of β-amino-alcohol motifs (C(OH)–C–C–N with tert-alkyl or cyclic N) is 1. The first kappa shape index (κ1) is 36.4. The maximum atomic E-state index is 13.5. The Hall–Kier alpha value is -2.96. The predicted molar refractivity (Wildman–Crippen MR) is 190 cm³/mol. The van der Waals surface area contributed by atoms with Crippen LogP contribution in [0.5, 0.6) is 0 Å². The molecule has 11 nitrogen and oxygen atoms in total. The largest absolute Gasteiger partial charge is 0.497 e. The highest BCUT2D eigenvalue weighted by Gasteiger charge is 2.60. The van der Waals surface area contributed by atoms with Gasteiger partial charge in [0.15, 0.2) is 6.29 Å². The fourth-order valence-electron chi connectivity index (χ4n) is 11.3. The summed E-state index contributed by atoms with van der Waals surface area (Å²) in [5, 5.41) is 43.2. The van der Waals surface area contributed by atoms with Gasteiger partial charge in [0.2, 0.25) is 5.60 Å². The number of methoxy groups -OCH3 is 2. The lowest BCUT2D eigenvalue weighted by Gasteiger charge is -2.49. The Bertz CT molecular complexity index is 1500. The number of carbonyl (C=O) groups is 2. The van der Waals surface area contributed by atoms with Gasteiger partial charge in [-0.05, 0) is 87.4 Å². The normalized spacial score (nSPS) is 42.4. The Morgan fingerprint density at radius 2 is 1.80 bits per heavy atom. The second kappa shape index (κ2) is 14.8. The Kier molecular flexibility index (Phi) is 10.6. The lowest BCUT2D eigenvalue weighted by molar-refractivity contribution is -0.195. The van der Waals surface area contributed by atoms with E-state index in [9.17, 15) is 24.9 Å². The molecule has 4 fully saturated rings. The van der Waals surface area contributed by atoms with Gasteiger partial charge in [-0.25, -0.2) is 4.79 Å². The van der Waals surface area contributed by atoms with Crippen molar-refractivity contribution in [3.05, 3.63) is 59.1 Å². The second-order valence-corrected chi connectivity index (χ2v) is 16.1. The maximum Gasteiger partial charge on any atom is 0.343 e. The average Bonchev–Trinajstić information content (AvgIpc) is 3.60. The third-order valence-corrected chi connectivity index (χ3v) is 13.3. The number of fused-ring (bicyclic) bond motifs is 4. The lowest BCUT2D eigenvalue weighted by Crippen LogP contribution is -2.63. The molecule has 6 unspecified atom stereocenters. The number of hydrogen-bond acceptors (Lipinski definition) is 11. The summed E-state index contributed by atoms with van der Waals surface area (Å²) in [7, 11) is 2.87. The first-order valence-corrected chi connectivity index (χ1v) is 19.2. The monoisotopic (exact) mass is 707 g/mol. The summed E-state index contributed by atoms with van der Waals surface area (Å²) in [4.78, 5) is 28.5. The fourth-order valence-corrected chi connectivity index (χ4v) is 11.3. The van der Waals surface area contributed by atoms with Crippen LogP contribution in [0, 0.1) is 35.0 Å². The number of nitrogens with zero attached hydrogens (tertiary/aromatic N) is 1. The third kappa shape index (κ3) is 6.51. The summed E-state index contributed by atoms with van der Waals surface area (Å²) in [5.41, 5.74) is -0.400. The molecule has 4 aliphatic heterocycles. The molecule has 10 atom stereocenters. The lowest BCUT2D eigenvalue weighted by atomic mass is 9.60. The molecule has 5 N–H and O–H groups in total. The minimum atomic E-state index is -2.12. The molecular formula is C40H57N3O8. The zero-order valence-electron chi connectivity index (χ0n) is 30.4. The van der Waals surface area contributed by atoms with E-state index in [0.29, 0.717) is 37.0 Å². The highest BCUT2D eigenvalue weighted by Crippen LogP contribution is 2.56. The van der Waals surface area contributed by atoms with E-state index in [1.807, 2.05) is 12.2 Å². The maximum absolute atomic E-state index is 13.5. The van der Waals surface area contributed by atoms with Crippen molar-refractivity contribution in [3.8, 4) is 0 Å². The van der Waals surface area contributed by atoms with Gasteiger partial charge in [0.25, 0.3) is 0 Å². The number of carbonyl (C=O) groups excluding carboxylic acids is 2. The molecule has 0 radical (unpaired) electrons. The molecule has 0 amide bonds. The van der Waals surface area contributed by atoms with Crippen LogP contribution < -0.4 is 10.6 Å². The van der Waals surface area contributed by atoms with Crippen molar-refractivity contribution in [2.45, 2.75) is 101 Å². The number of piperidine rings is 1. The van der Waals surface area contributed by atoms with E-state index in [1.54, 1.807) is 7.11 Å². The van der Waals surface area contributed by atoms with Crippen LogP contribution in [0.4, 0.5) is 0 Å². The van der Waals surface area contributed by atoms with E-state index in [1.165, 1.54) is 26.0 Å². The van der Waals surface area contributed by atoms with E-state index in [2.05, 4.69) is 39.8 Å². The van der Waals surface area contributed by atoms with Crippen LogP contribution in [-0.4, -0.2) is 103 Å². The molecule has 0 aromatic heterocycles. The molecule has 3 saturated heterocycles. The minimum Gasteiger partial charge on any atom is -0.497 e. The molecule has 7 rings (SSSR count). The third-order valence-electron chi connectivity index (χ3n) is 13.3. The van der Waals surface area contributed by atoms with Crippen LogP contribution >= 0.6 is 0 Å². The number of allylic oxidation sites excluding steroid dienone is 5. The summed E-state index contributed by atoms with van der Waals surface area (Å²) < 4.78 is 17.3. The molecule has 2 bridgehead atoms. The minimum absolute atomic E-state index is 0.0591. The molecule has 3 aliphatic carbocycles. The van der Waals surface area contributed by atoms with Gasteiger partial charge in [-0.2, -0.15) is 0 Å². The molecule has 1 saturated carbocycles. The summed E-state index contributed by atoms with van der Waals surface area (Å²) in [5.74, 6) is -0.358. The molecule has 0 spiro atoms. The SMILES string of the molecule is COC(=O)[C@]1(O)CNC2C=C(OC)C([C@@]3(C(O)O)CC4CCCC(C/C5=C/3NC/C=C\C=C/C5)C4)=CC2[C@@H]2CCN3CCCC(C23)[C@H]1OC(C)=O. The number of rotatable bonds is 5. The number of aliphatic hydroxyl groups is 3. The van der Waals surface area contributed by atoms with Gasteiger partial charge in [0.1, 0.15) is 11.9 Å². The number of nitrogens with one attached hydrogen (secondary N) is 2. The van der Waals surface area contributed by atoms with Crippen molar-refractivity contribution in [2.75, 3.05) is 40.4 Å². The van der Waals surface area contributed by atoms with Crippen molar-refractivity contribution in [1.29, 1.82) is 0 Å². The van der Waals surface area contributed by atoms with Gasteiger partial charge in [-0.1, -0.05) is 49.6 Å². The summed E-state index contributed by atoms with van der Waals surface area (Å²) >= 11 is 0. The number of esters is 2. The van der Waals surface area contributed by atoms with E-state index < -0.39 is 35.3 Å². The summed E-state index contributed by atoms with van der Waals surface area (Å²) in [6, 6.07) is -0.446. The van der Waals surface area contributed by atoms with Gasteiger partial charge >= 0.3 is 11.9 Å². The topological polar surface area (TPSA) is 150 Å².